The number of thiophene rings is 1. The van der Waals surface area contributed by atoms with Gasteiger partial charge < -0.3 is 14.5 Å². The van der Waals surface area contributed by atoms with Crippen molar-refractivity contribution in [3.63, 3.8) is 0 Å². The van der Waals surface area contributed by atoms with Gasteiger partial charge in [0.15, 0.2) is 0 Å². The number of amides is 1. The number of rotatable bonds is 6. The van der Waals surface area contributed by atoms with E-state index in [1.54, 1.807) is 13.0 Å². The fraction of sp³-hybridized carbons (Fsp3) is 0.333. The van der Waals surface area contributed by atoms with Crippen LogP contribution in [0.3, 0.4) is 0 Å². The molecule has 0 unspecified atom stereocenters. The summed E-state index contributed by atoms with van der Waals surface area (Å²) in [5, 5.41) is 2.83. The maximum Gasteiger partial charge on any atom is 0.339 e. The minimum Gasteiger partial charge on any atom is -0.462 e. The molecular formula is C21H21ClN4O3S2. The summed E-state index contributed by atoms with van der Waals surface area (Å²) in [6.07, 6.45) is 1.83. The second kappa shape index (κ2) is 9.76. The molecule has 1 aliphatic rings. The Bertz CT molecular complexity index is 1060. The van der Waals surface area contributed by atoms with E-state index in [1.165, 1.54) is 28.9 Å². The fourth-order valence-corrected chi connectivity index (χ4v) is 5.23. The fourth-order valence-electron chi connectivity index (χ4n) is 3.29. The van der Waals surface area contributed by atoms with E-state index in [0.29, 0.717) is 44.8 Å². The van der Waals surface area contributed by atoms with Gasteiger partial charge in [-0.15, -0.1) is 22.7 Å². The molecule has 4 rings (SSSR count). The van der Waals surface area contributed by atoms with Gasteiger partial charge in [0.1, 0.15) is 10.8 Å². The summed E-state index contributed by atoms with van der Waals surface area (Å²) in [6, 6.07) is 7.34. The topological polar surface area (TPSA) is 75.6 Å². The third-order valence-electron chi connectivity index (χ3n) is 4.88. The van der Waals surface area contributed by atoms with Crippen molar-refractivity contribution in [3.8, 4) is 9.88 Å². The monoisotopic (exact) mass is 476 g/mol. The summed E-state index contributed by atoms with van der Waals surface area (Å²) in [4.78, 5) is 38.4. The highest BCUT2D eigenvalue weighted by atomic mass is 35.5. The van der Waals surface area contributed by atoms with Crippen molar-refractivity contribution in [1.82, 2.24) is 14.9 Å². The molecule has 0 radical (unpaired) electrons. The smallest absolute Gasteiger partial charge is 0.339 e. The van der Waals surface area contributed by atoms with Gasteiger partial charge in [0.25, 0.3) is 0 Å². The SMILES string of the molecule is CCOC(=O)c1ccc(N2CCN(C(=O)Cc3csc(-c4ccc(Cl)s4)n3)CC2)nc1. The molecule has 3 aromatic heterocycles. The van der Waals surface area contributed by atoms with Gasteiger partial charge in [-0.05, 0) is 31.2 Å². The van der Waals surface area contributed by atoms with Gasteiger partial charge in [0.05, 0.1) is 33.5 Å². The Balaban J connectivity index is 1.30. The molecule has 0 bridgehead atoms. The molecule has 0 saturated carbocycles. The van der Waals surface area contributed by atoms with E-state index in [4.69, 9.17) is 16.3 Å². The van der Waals surface area contributed by atoms with E-state index in [1.807, 2.05) is 28.5 Å². The molecule has 1 fully saturated rings. The molecule has 0 atom stereocenters. The quantitative estimate of drug-likeness (QED) is 0.501. The zero-order valence-corrected chi connectivity index (χ0v) is 19.3. The van der Waals surface area contributed by atoms with Gasteiger partial charge in [0.2, 0.25) is 5.91 Å². The highest BCUT2D eigenvalue weighted by Gasteiger charge is 2.23. The average molecular weight is 477 g/mol. The number of carbonyl (C=O) groups excluding carboxylic acids is 2. The standard InChI is InChI=1S/C21H21ClN4O3S2/c1-2-29-21(28)14-3-6-18(23-12-14)25-7-9-26(10-8-25)19(27)11-15-13-30-20(24-15)16-4-5-17(22)31-16/h3-6,12-13H,2,7-11H2,1H3. The number of ether oxygens (including phenoxy) is 1. The van der Waals surface area contributed by atoms with Crippen molar-refractivity contribution in [1.29, 1.82) is 0 Å². The first-order valence-corrected chi connectivity index (χ1v) is 12.0. The van der Waals surface area contributed by atoms with E-state index in [0.717, 1.165) is 25.7 Å². The van der Waals surface area contributed by atoms with Gasteiger partial charge in [0, 0.05) is 37.8 Å². The first kappa shape index (κ1) is 21.7. The molecule has 1 aliphatic heterocycles. The predicted octanol–water partition coefficient (Wildman–Crippen LogP) is 3.99. The van der Waals surface area contributed by atoms with Crippen LogP contribution in [0.5, 0.6) is 0 Å². The van der Waals surface area contributed by atoms with Crippen LogP contribution in [0, 0.1) is 0 Å². The number of esters is 1. The Kier molecular flexibility index (Phi) is 6.84. The van der Waals surface area contributed by atoms with E-state index in [-0.39, 0.29) is 11.9 Å². The molecule has 162 valence electrons. The molecule has 3 aromatic rings. The number of hydrogen-bond donors (Lipinski definition) is 0. The maximum absolute atomic E-state index is 12.7. The normalized spacial score (nSPS) is 14.0. The van der Waals surface area contributed by atoms with Gasteiger partial charge in [-0.2, -0.15) is 0 Å². The van der Waals surface area contributed by atoms with E-state index < -0.39 is 0 Å². The zero-order chi connectivity index (χ0) is 21.8. The second-order valence-electron chi connectivity index (χ2n) is 6.92. The van der Waals surface area contributed by atoms with Crippen LogP contribution in [-0.2, 0) is 16.0 Å². The number of aromatic nitrogens is 2. The number of nitrogens with zero attached hydrogens (tertiary/aromatic N) is 4. The lowest BCUT2D eigenvalue weighted by atomic mass is 10.2. The van der Waals surface area contributed by atoms with Gasteiger partial charge in [-0.3, -0.25) is 4.79 Å². The largest absolute Gasteiger partial charge is 0.462 e. The first-order chi connectivity index (χ1) is 15.0. The van der Waals surface area contributed by atoms with Crippen molar-refractivity contribution in [2.24, 2.45) is 0 Å². The van der Waals surface area contributed by atoms with Crippen LogP contribution in [0.2, 0.25) is 4.34 Å². The number of carbonyl (C=O) groups is 2. The van der Waals surface area contributed by atoms with Crippen LogP contribution >= 0.6 is 34.3 Å². The van der Waals surface area contributed by atoms with Crippen molar-refractivity contribution >= 4 is 52.0 Å². The molecule has 10 heteroatoms. The number of anilines is 1. The summed E-state index contributed by atoms with van der Waals surface area (Å²) < 4.78 is 5.71. The van der Waals surface area contributed by atoms with E-state index >= 15 is 0 Å². The lowest BCUT2D eigenvalue weighted by molar-refractivity contribution is -0.130. The van der Waals surface area contributed by atoms with E-state index in [9.17, 15) is 9.59 Å². The Labute approximate surface area is 193 Å². The molecule has 31 heavy (non-hydrogen) atoms. The Morgan fingerprint density at radius 2 is 1.97 bits per heavy atom. The Hall–Kier alpha value is -2.49. The zero-order valence-electron chi connectivity index (χ0n) is 16.9. The van der Waals surface area contributed by atoms with Crippen LogP contribution in [0.25, 0.3) is 9.88 Å². The molecule has 1 amide bonds. The number of thiazole rings is 1. The van der Waals surface area contributed by atoms with Gasteiger partial charge >= 0.3 is 5.97 Å². The third kappa shape index (κ3) is 5.23. The number of piperazine rings is 1. The van der Waals surface area contributed by atoms with Crippen LogP contribution < -0.4 is 4.90 Å². The molecule has 0 aliphatic carbocycles. The van der Waals surface area contributed by atoms with Crippen LogP contribution in [-0.4, -0.2) is 59.5 Å². The van der Waals surface area contributed by atoms with Crippen molar-refractivity contribution in [3.05, 3.63) is 51.4 Å². The van der Waals surface area contributed by atoms with Crippen LogP contribution in [0.15, 0.2) is 35.8 Å². The highest BCUT2D eigenvalue weighted by Crippen LogP contribution is 2.33. The lowest BCUT2D eigenvalue weighted by Gasteiger charge is -2.35. The first-order valence-electron chi connectivity index (χ1n) is 9.89. The Morgan fingerprint density at radius 1 is 1.16 bits per heavy atom. The molecule has 1 saturated heterocycles. The van der Waals surface area contributed by atoms with E-state index in [2.05, 4.69) is 14.9 Å². The second-order valence-corrected chi connectivity index (χ2v) is 9.49. The van der Waals surface area contributed by atoms with Gasteiger partial charge in [-0.1, -0.05) is 11.6 Å². The number of pyridine rings is 1. The average Bonchev–Trinajstić information content (AvgIpc) is 3.43. The minimum atomic E-state index is -0.371. The number of hydrogen-bond acceptors (Lipinski definition) is 8. The summed E-state index contributed by atoms with van der Waals surface area (Å²) in [5.74, 6) is 0.495. The summed E-state index contributed by atoms with van der Waals surface area (Å²) in [6.45, 7) is 4.73. The van der Waals surface area contributed by atoms with Crippen molar-refractivity contribution in [2.45, 2.75) is 13.3 Å². The predicted molar refractivity (Wildman–Crippen MR) is 123 cm³/mol. The molecule has 7 nitrogen and oxygen atoms in total. The van der Waals surface area contributed by atoms with Crippen LogP contribution in [0.1, 0.15) is 23.0 Å². The third-order valence-corrected chi connectivity index (χ3v) is 7.17. The summed E-state index contributed by atoms with van der Waals surface area (Å²) in [7, 11) is 0. The summed E-state index contributed by atoms with van der Waals surface area (Å²) in [5.41, 5.74) is 1.22. The molecule has 0 N–H and O–H groups in total. The molecule has 0 spiro atoms. The Morgan fingerprint density at radius 3 is 2.61 bits per heavy atom. The van der Waals surface area contributed by atoms with Crippen LogP contribution in [0.4, 0.5) is 5.82 Å². The maximum atomic E-state index is 12.7. The van der Waals surface area contributed by atoms with Crippen molar-refractivity contribution < 1.29 is 14.3 Å². The highest BCUT2D eigenvalue weighted by molar-refractivity contribution is 7.23. The molecule has 0 aromatic carbocycles. The van der Waals surface area contributed by atoms with Crippen molar-refractivity contribution in [2.75, 3.05) is 37.7 Å². The minimum absolute atomic E-state index is 0.0753. The lowest BCUT2D eigenvalue weighted by Crippen LogP contribution is -2.49. The summed E-state index contributed by atoms with van der Waals surface area (Å²) >= 11 is 9.01. The number of halogens is 1. The molecular weight excluding hydrogens is 456 g/mol. The van der Waals surface area contributed by atoms with Gasteiger partial charge in [-0.25, -0.2) is 14.8 Å². The molecule has 4 heterocycles.